The molecule has 2 rings (SSSR count). The van der Waals surface area contributed by atoms with Crippen LogP contribution in [0.3, 0.4) is 0 Å². The maximum absolute atomic E-state index is 4.53. The van der Waals surface area contributed by atoms with E-state index in [-0.39, 0.29) is 0 Å². The van der Waals surface area contributed by atoms with Gasteiger partial charge >= 0.3 is 0 Å². The first kappa shape index (κ1) is 9.07. The zero-order valence-corrected chi connectivity index (χ0v) is 8.42. The van der Waals surface area contributed by atoms with Crippen molar-refractivity contribution in [3.05, 3.63) is 48.0 Å². The summed E-state index contributed by atoms with van der Waals surface area (Å²) in [6.45, 7) is 0.619. The fourth-order valence-corrected chi connectivity index (χ4v) is 1.53. The van der Waals surface area contributed by atoms with Gasteiger partial charge in [0.2, 0.25) is 0 Å². The van der Waals surface area contributed by atoms with Crippen molar-refractivity contribution in [3.63, 3.8) is 0 Å². The Bertz CT molecular complexity index is 498. The molecular weight excluding hydrogens is 190 g/mol. The molecule has 0 saturated carbocycles. The molecular formula is C12H9NS. The van der Waals surface area contributed by atoms with E-state index in [9.17, 15) is 0 Å². The van der Waals surface area contributed by atoms with Gasteiger partial charge in [0.1, 0.15) is 0 Å². The molecule has 0 fully saturated rings. The van der Waals surface area contributed by atoms with Gasteiger partial charge in [-0.05, 0) is 34.6 Å². The quantitative estimate of drug-likeness (QED) is 0.533. The highest BCUT2D eigenvalue weighted by atomic mass is 32.1. The van der Waals surface area contributed by atoms with Crippen molar-refractivity contribution in [2.24, 2.45) is 4.99 Å². The summed E-state index contributed by atoms with van der Waals surface area (Å²) in [5, 5.41) is 4.87. The average molecular weight is 199 g/mol. The Morgan fingerprint density at radius 1 is 1.07 bits per heavy atom. The lowest BCUT2D eigenvalue weighted by molar-refractivity contribution is 1.09. The van der Waals surface area contributed by atoms with Crippen molar-refractivity contribution in [1.29, 1.82) is 0 Å². The van der Waals surface area contributed by atoms with Crippen molar-refractivity contribution >= 4 is 28.2 Å². The van der Waals surface area contributed by atoms with E-state index in [0.29, 0.717) is 6.54 Å². The van der Waals surface area contributed by atoms with Gasteiger partial charge in [-0.2, -0.15) is 0 Å². The highest BCUT2D eigenvalue weighted by molar-refractivity contribution is 7.78. The standard InChI is InChI=1S/C12H9NS/c14-9-13-8-10-5-6-11-3-1-2-4-12(11)7-10/h1-7H,8H2. The van der Waals surface area contributed by atoms with E-state index >= 15 is 0 Å². The number of thiocarbonyl (C=S) groups is 1. The third kappa shape index (κ3) is 1.87. The molecule has 0 atom stereocenters. The van der Waals surface area contributed by atoms with Crippen LogP contribution in [0.5, 0.6) is 0 Å². The number of aliphatic imine (C=N–C) groups is 1. The summed E-state index contributed by atoms with van der Waals surface area (Å²) < 4.78 is 0. The number of nitrogens with zero attached hydrogens (tertiary/aromatic N) is 1. The smallest absolute Gasteiger partial charge is 0.0743 e. The minimum absolute atomic E-state index is 0.619. The first-order chi connectivity index (χ1) is 6.90. The van der Waals surface area contributed by atoms with E-state index < -0.39 is 0 Å². The summed E-state index contributed by atoms with van der Waals surface area (Å²) >= 11 is 4.53. The molecule has 0 aliphatic heterocycles. The molecule has 0 saturated heterocycles. The van der Waals surface area contributed by atoms with Gasteiger partial charge in [0.25, 0.3) is 0 Å². The Hall–Kier alpha value is -1.50. The molecule has 0 amide bonds. The van der Waals surface area contributed by atoms with Crippen LogP contribution in [0.15, 0.2) is 47.5 Å². The maximum atomic E-state index is 4.53. The van der Waals surface area contributed by atoms with Gasteiger partial charge in [-0.25, -0.2) is 4.99 Å². The summed E-state index contributed by atoms with van der Waals surface area (Å²) in [6.07, 6.45) is 0. The number of benzene rings is 2. The molecule has 1 nitrogen and oxygen atoms in total. The SMILES string of the molecule is S=C=NCc1ccc2ccccc2c1. The summed E-state index contributed by atoms with van der Waals surface area (Å²) in [6, 6.07) is 14.6. The number of isothiocyanates is 1. The minimum Gasteiger partial charge on any atom is -0.228 e. The fraction of sp³-hybridized carbons (Fsp3) is 0.0833. The second-order valence-electron chi connectivity index (χ2n) is 3.09. The first-order valence-electron chi connectivity index (χ1n) is 4.41. The van der Waals surface area contributed by atoms with Crippen LogP contribution < -0.4 is 0 Å². The molecule has 2 heteroatoms. The summed E-state index contributed by atoms with van der Waals surface area (Å²) in [5.74, 6) is 0. The minimum atomic E-state index is 0.619. The van der Waals surface area contributed by atoms with E-state index in [1.54, 1.807) is 0 Å². The molecule has 0 aliphatic rings. The Morgan fingerprint density at radius 2 is 1.86 bits per heavy atom. The average Bonchev–Trinajstić information content (AvgIpc) is 2.26. The molecule has 0 spiro atoms. The second-order valence-corrected chi connectivity index (χ2v) is 3.27. The van der Waals surface area contributed by atoms with Crippen molar-refractivity contribution in [2.75, 3.05) is 0 Å². The van der Waals surface area contributed by atoms with Crippen LogP contribution in [0.1, 0.15) is 5.56 Å². The van der Waals surface area contributed by atoms with E-state index in [4.69, 9.17) is 0 Å². The van der Waals surface area contributed by atoms with Crippen molar-refractivity contribution < 1.29 is 0 Å². The lowest BCUT2D eigenvalue weighted by atomic mass is 10.1. The second kappa shape index (κ2) is 4.14. The lowest BCUT2D eigenvalue weighted by Crippen LogP contribution is -1.80. The predicted octanol–water partition coefficient (Wildman–Crippen LogP) is 3.44. The van der Waals surface area contributed by atoms with E-state index in [1.165, 1.54) is 16.3 Å². The Kier molecular flexibility index (Phi) is 2.68. The molecule has 0 unspecified atom stereocenters. The first-order valence-corrected chi connectivity index (χ1v) is 4.82. The number of rotatable bonds is 2. The van der Waals surface area contributed by atoms with E-state index in [0.717, 1.165) is 0 Å². The molecule has 0 aliphatic carbocycles. The Balaban J connectivity index is 2.45. The zero-order valence-electron chi connectivity index (χ0n) is 7.60. The molecule has 0 bridgehead atoms. The summed E-state index contributed by atoms with van der Waals surface area (Å²) in [4.78, 5) is 3.91. The van der Waals surface area contributed by atoms with Crippen LogP contribution in [0, 0.1) is 0 Å². The highest BCUT2D eigenvalue weighted by Gasteiger charge is 1.94. The Morgan fingerprint density at radius 3 is 2.64 bits per heavy atom. The zero-order chi connectivity index (χ0) is 9.80. The monoisotopic (exact) mass is 199 g/mol. The van der Waals surface area contributed by atoms with Gasteiger partial charge in [0.15, 0.2) is 0 Å². The molecule has 0 N–H and O–H groups in total. The lowest BCUT2D eigenvalue weighted by Gasteiger charge is -1.99. The van der Waals surface area contributed by atoms with Gasteiger partial charge in [-0.15, -0.1) is 0 Å². The third-order valence-electron chi connectivity index (χ3n) is 2.14. The van der Waals surface area contributed by atoms with E-state index in [2.05, 4.69) is 52.7 Å². The van der Waals surface area contributed by atoms with Gasteiger partial charge in [-0.3, -0.25) is 0 Å². The van der Waals surface area contributed by atoms with Crippen LogP contribution in [0.25, 0.3) is 10.8 Å². The van der Waals surface area contributed by atoms with Crippen LogP contribution in [-0.2, 0) is 6.54 Å². The molecule has 0 aromatic heterocycles. The van der Waals surface area contributed by atoms with E-state index in [1.807, 2.05) is 12.1 Å². The largest absolute Gasteiger partial charge is 0.228 e. The molecule has 2 aromatic rings. The normalized spacial score (nSPS) is 9.71. The third-order valence-corrected chi connectivity index (χ3v) is 2.27. The van der Waals surface area contributed by atoms with Crippen LogP contribution in [0.4, 0.5) is 0 Å². The molecule has 68 valence electrons. The van der Waals surface area contributed by atoms with Crippen molar-refractivity contribution in [2.45, 2.75) is 6.54 Å². The van der Waals surface area contributed by atoms with Crippen molar-refractivity contribution in [3.8, 4) is 0 Å². The van der Waals surface area contributed by atoms with Gasteiger partial charge < -0.3 is 0 Å². The number of fused-ring (bicyclic) bond motifs is 1. The number of hydrogen-bond acceptors (Lipinski definition) is 2. The maximum Gasteiger partial charge on any atom is 0.0743 e. The molecule has 14 heavy (non-hydrogen) atoms. The summed E-state index contributed by atoms with van der Waals surface area (Å²) in [5.41, 5.74) is 1.17. The van der Waals surface area contributed by atoms with Crippen molar-refractivity contribution in [1.82, 2.24) is 0 Å². The topological polar surface area (TPSA) is 12.4 Å². The predicted molar refractivity (Wildman–Crippen MR) is 62.7 cm³/mol. The highest BCUT2D eigenvalue weighted by Crippen LogP contribution is 2.15. The Labute approximate surface area is 88.1 Å². The van der Waals surface area contributed by atoms with Gasteiger partial charge in [0.05, 0.1) is 11.7 Å². The van der Waals surface area contributed by atoms with Crippen LogP contribution >= 0.6 is 12.2 Å². The molecule has 2 aromatic carbocycles. The van der Waals surface area contributed by atoms with Gasteiger partial charge in [0, 0.05) is 0 Å². The number of hydrogen-bond donors (Lipinski definition) is 0. The van der Waals surface area contributed by atoms with Gasteiger partial charge in [-0.1, -0.05) is 36.4 Å². The molecule has 0 heterocycles. The molecule has 0 radical (unpaired) electrons. The van der Waals surface area contributed by atoms with Crippen LogP contribution in [-0.4, -0.2) is 5.16 Å². The fourth-order valence-electron chi connectivity index (χ4n) is 1.46. The van der Waals surface area contributed by atoms with Crippen LogP contribution in [0.2, 0.25) is 0 Å². The summed E-state index contributed by atoms with van der Waals surface area (Å²) in [7, 11) is 0.